The van der Waals surface area contributed by atoms with Gasteiger partial charge in [-0.2, -0.15) is 0 Å². The van der Waals surface area contributed by atoms with Gasteiger partial charge in [-0.05, 0) is 24.5 Å². The Morgan fingerprint density at radius 3 is 2.60 bits per heavy atom. The first-order valence-corrected chi connectivity index (χ1v) is 11.5. The van der Waals surface area contributed by atoms with E-state index in [-0.39, 0.29) is 11.9 Å². The van der Waals surface area contributed by atoms with Gasteiger partial charge in [0.05, 0.1) is 44.6 Å². The van der Waals surface area contributed by atoms with Crippen molar-refractivity contribution < 1.29 is 22.8 Å². The third-order valence-corrected chi connectivity index (χ3v) is 7.64. The smallest absolute Gasteiger partial charge is 0.258 e. The highest BCUT2D eigenvalue weighted by Crippen LogP contribution is 2.26. The molecule has 1 N–H and O–H groups in total. The van der Waals surface area contributed by atoms with Gasteiger partial charge in [-0.1, -0.05) is 0 Å². The van der Waals surface area contributed by atoms with Crippen molar-refractivity contribution in [2.45, 2.75) is 17.4 Å². The number of carbonyl (C=O) groups is 1. The largest absolute Gasteiger partial charge is 0.496 e. The fraction of sp³-hybridized carbons (Fsp3) is 0.588. The zero-order chi connectivity index (χ0) is 18.0. The van der Waals surface area contributed by atoms with Crippen LogP contribution in [0.2, 0.25) is 0 Å². The molecular weight excluding hydrogens is 360 g/mol. The van der Waals surface area contributed by atoms with Gasteiger partial charge in [0.1, 0.15) is 17.5 Å². The second kappa shape index (κ2) is 7.55. The molecule has 8 heteroatoms. The van der Waals surface area contributed by atoms with Crippen LogP contribution in [0.4, 0.5) is 0 Å². The molecule has 2 fully saturated rings. The molecule has 0 saturated carbocycles. The van der Waals surface area contributed by atoms with Crippen molar-refractivity contribution in [3.63, 3.8) is 0 Å². The molecule has 2 saturated heterocycles. The van der Waals surface area contributed by atoms with Gasteiger partial charge >= 0.3 is 0 Å². The molecule has 1 aromatic carbocycles. The van der Waals surface area contributed by atoms with Crippen LogP contribution in [0.1, 0.15) is 16.8 Å². The van der Waals surface area contributed by atoms with Gasteiger partial charge < -0.3 is 14.5 Å². The average Bonchev–Trinajstić information content (AvgIpc) is 3.00. The van der Waals surface area contributed by atoms with Crippen molar-refractivity contribution >= 4 is 27.5 Å². The second-order valence-corrected chi connectivity index (χ2v) is 9.72. The zero-order valence-corrected chi connectivity index (χ0v) is 16.3. The summed E-state index contributed by atoms with van der Waals surface area (Å²) in [6.45, 7) is 2.91. The van der Waals surface area contributed by atoms with Crippen LogP contribution in [0.5, 0.6) is 5.75 Å². The van der Waals surface area contributed by atoms with Gasteiger partial charge in [0, 0.05) is 11.3 Å². The Hall–Kier alpha value is -1.25. The number of carbonyl (C=O) groups excluding carboxylic acids is 1. The van der Waals surface area contributed by atoms with Gasteiger partial charge in [-0.15, -0.1) is 11.8 Å². The quantitative estimate of drug-likeness (QED) is 0.736. The Bertz CT molecular complexity index is 743. The molecule has 0 bridgehead atoms. The summed E-state index contributed by atoms with van der Waals surface area (Å²) in [7, 11) is -1.27. The summed E-state index contributed by atoms with van der Waals surface area (Å²) in [5, 5.41) is 0. The fourth-order valence-corrected chi connectivity index (χ4v) is 5.92. The van der Waals surface area contributed by atoms with Crippen molar-refractivity contribution in [1.82, 2.24) is 4.90 Å². The number of nitrogens with one attached hydrogen (secondary N) is 1. The van der Waals surface area contributed by atoms with Crippen LogP contribution >= 0.6 is 11.8 Å². The first-order valence-electron chi connectivity index (χ1n) is 8.50. The number of piperazine rings is 1. The number of ether oxygens (including phenoxy) is 1. The maximum atomic E-state index is 12.8. The maximum absolute atomic E-state index is 12.8. The van der Waals surface area contributed by atoms with Crippen LogP contribution in [0.15, 0.2) is 23.1 Å². The number of amides is 1. The molecule has 1 atom stereocenters. The van der Waals surface area contributed by atoms with Gasteiger partial charge in [-0.25, -0.2) is 8.42 Å². The number of hydrogen-bond donors (Lipinski definition) is 1. The molecule has 0 unspecified atom stereocenters. The first-order chi connectivity index (χ1) is 11.9. The van der Waals surface area contributed by atoms with Crippen LogP contribution in [0.3, 0.4) is 0 Å². The number of rotatable bonds is 4. The van der Waals surface area contributed by atoms with Gasteiger partial charge in [0.15, 0.2) is 9.84 Å². The molecule has 6 nitrogen and oxygen atoms in total. The standard InChI is InChI=1S/C17H24N2O4S2/c1-23-16-11-14(24-2)3-4-15(16)17(20)19-8-6-18(7-9-19)13-5-10-25(21,22)12-13/h3-4,11,13H,5-10,12H2,1-2H3/p+1/t13-/m1/s1. The molecule has 2 aliphatic heterocycles. The third-order valence-electron chi connectivity index (χ3n) is 5.14. The van der Waals surface area contributed by atoms with E-state index in [0.29, 0.717) is 35.9 Å². The van der Waals surface area contributed by atoms with Crippen molar-refractivity contribution in [3.8, 4) is 5.75 Å². The van der Waals surface area contributed by atoms with Crippen LogP contribution < -0.4 is 9.64 Å². The lowest BCUT2D eigenvalue weighted by molar-refractivity contribution is -0.925. The van der Waals surface area contributed by atoms with E-state index in [2.05, 4.69) is 0 Å². The van der Waals surface area contributed by atoms with Crippen molar-refractivity contribution in [3.05, 3.63) is 23.8 Å². The minimum absolute atomic E-state index is 0.0115. The predicted octanol–water partition coefficient (Wildman–Crippen LogP) is -0.0551. The molecule has 1 aromatic rings. The van der Waals surface area contributed by atoms with E-state index in [0.717, 1.165) is 24.4 Å². The highest BCUT2D eigenvalue weighted by atomic mass is 32.2. The Balaban J connectivity index is 1.64. The lowest BCUT2D eigenvalue weighted by atomic mass is 10.1. The number of methoxy groups -OCH3 is 1. The topological polar surface area (TPSA) is 68.1 Å². The van der Waals surface area contributed by atoms with Crippen molar-refractivity contribution in [2.24, 2.45) is 0 Å². The molecule has 3 rings (SSSR count). The molecule has 0 aliphatic carbocycles. The SMILES string of the molecule is COc1cc(SC)ccc1C(=O)N1CC[NH+]([C@@H]2CCS(=O)(=O)C2)CC1. The highest BCUT2D eigenvalue weighted by Gasteiger charge is 2.37. The summed E-state index contributed by atoms with van der Waals surface area (Å²) in [6.07, 6.45) is 2.73. The molecule has 0 spiro atoms. The summed E-state index contributed by atoms with van der Waals surface area (Å²) in [5.41, 5.74) is 0.590. The van der Waals surface area contributed by atoms with E-state index in [9.17, 15) is 13.2 Å². The monoisotopic (exact) mass is 385 g/mol. The predicted molar refractivity (Wildman–Crippen MR) is 98.4 cm³/mol. The van der Waals surface area contributed by atoms with E-state index in [1.54, 1.807) is 18.9 Å². The highest BCUT2D eigenvalue weighted by molar-refractivity contribution is 7.98. The molecule has 25 heavy (non-hydrogen) atoms. The van der Waals surface area contributed by atoms with E-state index in [1.165, 1.54) is 4.90 Å². The molecule has 1 amide bonds. The lowest BCUT2D eigenvalue weighted by Crippen LogP contribution is -3.18. The summed E-state index contributed by atoms with van der Waals surface area (Å²) >= 11 is 1.61. The molecule has 138 valence electrons. The fourth-order valence-electron chi connectivity index (χ4n) is 3.67. The van der Waals surface area contributed by atoms with E-state index >= 15 is 0 Å². The summed E-state index contributed by atoms with van der Waals surface area (Å²) in [6, 6.07) is 5.85. The van der Waals surface area contributed by atoms with Crippen LogP contribution in [-0.2, 0) is 9.84 Å². The van der Waals surface area contributed by atoms with Gasteiger partial charge in [-0.3, -0.25) is 4.79 Å². The summed E-state index contributed by atoms with van der Waals surface area (Å²) < 4.78 is 28.7. The minimum Gasteiger partial charge on any atom is -0.496 e. The number of sulfone groups is 1. The van der Waals surface area contributed by atoms with Gasteiger partial charge in [0.25, 0.3) is 5.91 Å². The van der Waals surface area contributed by atoms with Crippen LogP contribution in [-0.4, -0.2) is 76.3 Å². The molecular formula is C17H25N2O4S2+. The molecule has 2 aliphatic rings. The Kier molecular flexibility index (Phi) is 5.60. The van der Waals surface area contributed by atoms with Crippen LogP contribution in [0.25, 0.3) is 0 Å². The molecule has 2 heterocycles. The Morgan fingerprint density at radius 2 is 2.04 bits per heavy atom. The number of benzene rings is 1. The number of hydrogen-bond acceptors (Lipinski definition) is 5. The Labute approximate surface area is 153 Å². The first kappa shape index (κ1) is 18.5. The maximum Gasteiger partial charge on any atom is 0.258 e. The number of thioether (sulfide) groups is 1. The minimum atomic E-state index is -2.85. The average molecular weight is 386 g/mol. The van der Waals surface area contributed by atoms with Crippen molar-refractivity contribution in [2.75, 3.05) is 51.1 Å². The Morgan fingerprint density at radius 1 is 1.32 bits per heavy atom. The van der Waals surface area contributed by atoms with E-state index in [1.807, 2.05) is 29.4 Å². The van der Waals surface area contributed by atoms with Crippen molar-refractivity contribution in [1.29, 1.82) is 0 Å². The van der Waals surface area contributed by atoms with E-state index < -0.39 is 9.84 Å². The van der Waals surface area contributed by atoms with E-state index in [4.69, 9.17) is 4.74 Å². The second-order valence-electron chi connectivity index (χ2n) is 6.62. The number of quaternary nitrogens is 1. The van der Waals surface area contributed by atoms with Crippen LogP contribution in [0, 0.1) is 0 Å². The molecule has 0 aromatic heterocycles. The molecule has 0 radical (unpaired) electrons. The third kappa shape index (κ3) is 4.12. The zero-order valence-electron chi connectivity index (χ0n) is 14.7. The number of nitrogens with zero attached hydrogens (tertiary/aromatic N) is 1. The summed E-state index contributed by atoms with van der Waals surface area (Å²) in [4.78, 5) is 17.1. The normalized spacial score (nSPS) is 23.6. The van der Waals surface area contributed by atoms with Gasteiger partial charge in [0.2, 0.25) is 0 Å². The lowest BCUT2D eigenvalue weighted by Gasteiger charge is -2.35. The summed E-state index contributed by atoms with van der Waals surface area (Å²) in [5.74, 6) is 1.19.